The van der Waals surface area contributed by atoms with Crippen LogP contribution in [0, 0.1) is 0 Å². The molecule has 0 saturated heterocycles. The van der Waals surface area contributed by atoms with E-state index in [4.69, 9.17) is 4.89 Å². The van der Waals surface area contributed by atoms with Crippen molar-refractivity contribution >= 4 is 8.25 Å². The van der Waals surface area contributed by atoms with Crippen LogP contribution in [0.15, 0.2) is 30.3 Å². The fraction of sp³-hybridized carbons (Fsp3) is 0. The second-order valence-corrected chi connectivity index (χ2v) is 2.30. The van der Waals surface area contributed by atoms with Crippen molar-refractivity contribution in [2.45, 2.75) is 0 Å². The summed E-state index contributed by atoms with van der Waals surface area (Å²) in [6.07, 6.45) is 0. The second kappa shape index (κ2) is 5.25. The molecule has 0 heterocycles. The summed E-state index contributed by atoms with van der Waals surface area (Å²) in [6.45, 7) is 0. The zero-order chi connectivity index (χ0) is 7.40. The molecular weight excluding hydrogens is 210 g/mol. The smallest absolute Gasteiger partial charge is 0.229 e. The SMILES string of the molecule is O=[P+](O)Oc1ccccc1.[Ni]. The van der Waals surface area contributed by atoms with Gasteiger partial charge >= 0.3 is 8.25 Å². The van der Waals surface area contributed by atoms with Gasteiger partial charge in [-0.15, -0.1) is 4.89 Å². The Morgan fingerprint density at radius 2 is 1.82 bits per heavy atom. The zero-order valence-corrected chi connectivity index (χ0v) is 7.30. The maximum atomic E-state index is 10.1. The van der Waals surface area contributed by atoms with Gasteiger partial charge in [-0.2, -0.15) is 0 Å². The van der Waals surface area contributed by atoms with Gasteiger partial charge in [-0.1, -0.05) is 18.2 Å². The minimum absolute atomic E-state index is 0. The van der Waals surface area contributed by atoms with E-state index in [1.54, 1.807) is 30.3 Å². The van der Waals surface area contributed by atoms with E-state index in [2.05, 4.69) is 4.52 Å². The normalized spacial score (nSPS) is 9.73. The summed E-state index contributed by atoms with van der Waals surface area (Å²) >= 11 is 0. The van der Waals surface area contributed by atoms with Crippen molar-refractivity contribution in [1.29, 1.82) is 0 Å². The topological polar surface area (TPSA) is 46.5 Å². The fourth-order valence-electron chi connectivity index (χ4n) is 0.572. The molecule has 0 aromatic heterocycles. The Kier molecular flexibility index (Phi) is 5.05. The van der Waals surface area contributed by atoms with Crippen molar-refractivity contribution in [3.8, 4) is 5.75 Å². The van der Waals surface area contributed by atoms with Gasteiger partial charge in [0, 0.05) is 21.1 Å². The van der Waals surface area contributed by atoms with Crippen LogP contribution in [0.25, 0.3) is 0 Å². The molecule has 62 valence electrons. The molecule has 5 heteroatoms. The van der Waals surface area contributed by atoms with Gasteiger partial charge in [0.05, 0.1) is 0 Å². The molecule has 1 aromatic rings. The van der Waals surface area contributed by atoms with Gasteiger partial charge in [0.2, 0.25) is 0 Å². The van der Waals surface area contributed by atoms with Crippen molar-refractivity contribution in [3.05, 3.63) is 30.3 Å². The van der Waals surface area contributed by atoms with Gasteiger partial charge in [0.25, 0.3) is 0 Å². The molecule has 3 nitrogen and oxygen atoms in total. The maximum absolute atomic E-state index is 10.1. The maximum Gasteiger partial charge on any atom is 0.747 e. The van der Waals surface area contributed by atoms with Crippen LogP contribution in [0.3, 0.4) is 0 Å². The third-order valence-electron chi connectivity index (χ3n) is 0.927. The third kappa shape index (κ3) is 4.10. The van der Waals surface area contributed by atoms with Gasteiger partial charge in [-0.05, 0) is 12.1 Å². The van der Waals surface area contributed by atoms with Crippen molar-refractivity contribution in [1.82, 2.24) is 0 Å². The Labute approximate surface area is 75.3 Å². The van der Waals surface area contributed by atoms with Crippen LogP contribution in [0.2, 0.25) is 0 Å². The molecule has 0 aliphatic carbocycles. The number of hydrogen-bond acceptors (Lipinski definition) is 2. The molecule has 1 rings (SSSR count). The Morgan fingerprint density at radius 3 is 2.27 bits per heavy atom. The molecule has 0 aliphatic heterocycles. The molecular formula is C6H6NiO3P+. The van der Waals surface area contributed by atoms with E-state index < -0.39 is 8.25 Å². The molecule has 0 saturated carbocycles. The quantitative estimate of drug-likeness (QED) is 0.604. The standard InChI is InChI=1S/C6H5O3P.Ni/c7-10(8)9-6-4-2-1-3-5-6;/h1-5H;/p+1. The predicted molar refractivity (Wildman–Crippen MR) is 36.9 cm³/mol. The Hall–Kier alpha value is -0.426. The van der Waals surface area contributed by atoms with Crippen LogP contribution in [-0.4, -0.2) is 4.89 Å². The first-order chi connectivity index (χ1) is 4.79. The summed E-state index contributed by atoms with van der Waals surface area (Å²) in [5, 5.41) is 0. The first kappa shape index (κ1) is 10.6. The van der Waals surface area contributed by atoms with Crippen LogP contribution >= 0.6 is 8.25 Å². The van der Waals surface area contributed by atoms with Crippen LogP contribution in [0.4, 0.5) is 0 Å². The van der Waals surface area contributed by atoms with Gasteiger partial charge in [0.15, 0.2) is 5.75 Å². The molecule has 0 fully saturated rings. The molecule has 0 radical (unpaired) electrons. The van der Waals surface area contributed by atoms with Gasteiger partial charge in [-0.3, -0.25) is 0 Å². The van der Waals surface area contributed by atoms with E-state index in [0.717, 1.165) is 0 Å². The molecule has 1 aromatic carbocycles. The minimum Gasteiger partial charge on any atom is -0.229 e. The molecule has 1 N–H and O–H groups in total. The molecule has 0 bridgehead atoms. The summed E-state index contributed by atoms with van der Waals surface area (Å²) in [5.41, 5.74) is 0. The minimum atomic E-state index is -2.53. The van der Waals surface area contributed by atoms with Crippen LogP contribution in [0.1, 0.15) is 0 Å². The number of para-hydroxylation sites is 1. The van der Waals surface area contributed by atoms with Crippen molar-refractivity contribution in [3.63, 3.8) is 0 Å². The van der Waals surface area contributed by atoms with Gasteiger partial charge < -0.3 is 0 Å². The van der Waals surface area contributed by atoms with E-state index in [0.29, 0.717) is 5.75 Å². The largest absolute Gasteiger partial charge is 0.747 e. The molecule has 0 amide bonds. The molecule has 11 heavy (non-hydrogen) atoms. The van der Waals surface area contributed by atoms with E-state index in [1.165, 1.54) is 0 Å². The zero-order valence-electron chi connectivity index (χ0n) is 5.41. The van der Waals surface area contributed by atoms with Gasteiger partial charge in [-0.25, -0.2) is 4.52 Å². The average Bonchev–Trinajstić information content (AvgIpc) is 1.88. The Balaban J connectivity index is 0.000001000. The monoisotopic (exact) mass is 215 g/mol. The fourth-order valence-corrected chi connectivity index (χ4v) is 0.874. The van der Waals surface area contributed by atoms with Crippen molar-refractivity contribution in [2.24, 2.45) is 0 Å². The number of rotatable bonds is 2. The second-order valence-electron chi connectivity index (χ2n) is 1.64. The first-order valence-corrected chi connectivity index (χ1v) is 3.81. The Bertz CT molecular complexity index is 227. The number of hydrogen-bond donors (Lipinski definition) is 1. The number of benzene rings is 1. The van der Waals surface area contributed by atoms with Crippen molar-refractivity contribution in [2.75, 3.05) is 0 Å². The van der Waals surface area contributed by atoms with Crippen LogP contribution in [-0.2, 0) is 21.1 Å². The summed E-state index contributed by atoms with van der Waals surface area (Å²) in [4.78, 5) is 8.29. The van der Waals surface area contributed by atoms with Crippen LogP contribution in [0.5, 0.6) is 5.75 Å². The Morgan fingerprint density at radius 1 is 1.27 bits per heavy atom. The van der Waals surface area contributed by atoms with E-state index >= 15 is 0 Å². The first-order valence-electron chi connectivity index (χ1n) is 2.68. The van der Waals surface area contributed by atoms with Gasteiger partial charge in [0.1, 0.15) is 0 Å². The van der Waals surface area contributed by atoms with E-state index in [-0.39, 0.29) is 16.5 Å². The summed E-state index contributed by atoms with van der Waals surface area (Å²) in [7, 11) is -2.53. The predicted octanol–water partition coefficient (Wildman–Crippen LogP) is 1.71. The molecule has 1 unspecified atom stereocenters. The summed E-state index contributed by atoms with van der Waals surface area (Å²) < 4.78 is 14.6. The third-order valence-corrected chi connectivity index (χ3v) is 1.29. The molecule has 1 atom stereocenters. The summed E-state index contributed by atoms with van der Waals surface area (Å²) in [5.74, 6) is 0.408. The molecule has 0 spiro atoms. The molecule has 0 aliphatic rings. The van der Waals surface area contributed by atoms with E-state index in [9.17, 15) is 4.57 Å². The summed E-state index contributed by atoms with van der Waals surface area (Å²) in [6, 6.07) is 8.49. The van der Waals surface area contributed by atoms with Crippen LogP contribution < -0.4 is 4.52 Å². The van der Waals surface area contributed by atoms with Crippen molar-refractivity contribution < 1.29 is 30.5 Å². The van der Waals surface area contributed by atoms with E-state index in [1.807, 2.05) is 0 Å². The average molecular weight is 216 g/mol.